The van der Waals surface area contributed by atoms with Crippen molar-refractivity contribution in [2.45, 2.75) is 38.6 Å². The zero-order valence-corrected chi connectivity index (χ0v) is 17.5. The highest BCUT2D eigenvalue weighted by molar-refractivity contribution is 5.87. The van der Waals surface area contributed by atoms with Gasteiger partial charge in [-0.3, -0.25) is 4.79 Å². The molecule has 0 heterocycles. The summed E-state index contributed by atoms with van der Waals surface area (Å²) in [5, 5.41) is 12.0. The lowest BCUT2D eigenvalue weighted by atomic mass is 9.75. The van der Waals surface area contributed by atoms with Crippen LogP contribution < -0.4 is 14.8 Å². The molecule has 0 saturated heterocycles. The fraction of sp³-hybridized carbons (Fsp3) is 0.417. The number of aromatic carboxylic acids is 1. The van der Waals surface area contributed by atoms with E-state index in [-0.39, 0.29) is 23.3 Å². The van der Waals surface area contributed by atoms with Crippen molar-refractivity contribution in [2.75, 3.05) is 14.2 Å². The van der Waals surface area contributed by atoms with Crippen LogP contribution in [0.1, 0.15) is 47.2 Å². The smallest absolute Gasteiger partial charge is 0.335 e. The van der Waals surface area contributed by atoms with E-state index in [4.69, 9.17) is 14.6 Å². The van der Waals surface area contributed by atoms with Gasteiger partial charge < -0.3 is 19.9 Å². The summed E-state index contributed by atoms with van der Waals surface area (Å²) in [5.74, 6) is 0.904. The summed E-state index contributed by atoms with van der Waals surface area (Å²) < 4.78 is 10.9. The average Bonchev–Trinajstić information content (AvgIpc) is 2.78. The number of benzene rings is 2. The van der Waals surface area contributed by atoms with Crippen molar-refractivity contribution < 1.29 is 24.2 Å². The molecule has 1 aliphatic carbocycles. The normalized spacial score (nSPS) is 18.5. The first-order chi connectivity index (χ1) is 14.5. The van der Waals surface area contributed by atoms with Gasteiger partial charge in [0.1, 0.15) is 11.5 Å². The Morgan fingerprint density at radius 2 is 1.77 bits per heavy atom. The summed E-state index contributed by atoms with van der Waals surface area (Å²) in [6.45, 7) is 0.393. The third-order valence-electron chi connectivity index (χ3n) is 5.88. The van der Waals surface area contributed by atoms with Gasteiger partial charge in [0.05, 0.1) is 19.8 Å². The molecule has 2 N–H and O–H groups in total. The first-order valence-electron chi connectivity index (χ1n) is 10.3. The molecule has 0 spiro atoms. The van der Waals surface area contributed by atoms with Crippen molar-refractivity contribution in [3.05, 3.63) is 59.2 Å². The maximum absolute atomic E-state index is 13.0. The minimum Gasteiger partial charge on any atom is -0.497 e. The lowest BCUT2D eigenvalue weighted by molar-refractivity contribution is -0.127. The van der Waals surface area contributed by atoms with Gasteiger partial charge in [-0.05, 0) is 66.6 Å². The zero-order chi connectivity index (χ0) is 21.5. The van der Waals surface area contributed by atoms with Gasteiger partial charge in [-0.15, -0.1) is 0 Å². The molecule has 30 heavy (non-hydrogen) atoms. The van der Waals surface area contributed by atoms with Gasteiger partial charge in [0.25, 0.3) is 0 Å². The Labute approximate surface area is 177 Å². The molecule has 0 bridgehead atoms. The Balaban J connectivity index is 1.66. The van der Waals surface area contributed by atoms with Gasteiger partial charge in [0.2, 0.25) is 5.91 Å². The topological polar surface area (TPSA) is 84.9 Å². The predicted octanol–water partition coefficient (Wildman–Crippen LogP) is 4.07. The molecule has 6 nitrogen and oxygen atoms in total. The quantitative estimate of drug-likeness (QED) is 0.684. The third-order valence-corrected chi connectivity index (χ3v) is 5.88. The summed E-state index contributed by atoms with van der Waals surface area (Å²) in [6, 6.07) is 12.4. The molecule has 6 heteroatoms. The van der Waals surface area contributed by atoms with Gasteiger partial charge in [-0.1, -0.05) is 25.0 Å². The Morgan fingerprint density at radius 1 is 1.03 bits per heavy atom. The van der Waals surface area contributed by atoms with E-state index in [1.165, 1.54) is 0 Å². The molecule has 160 valence electrons. The van der Waals surface area contributed by atoms with Crippen LogP contribution in [0, 0.1) is 11.8 Å². The van der Waals surface area contributed by atoms with Gasteiger partial charge >= 0.3 is 5.97 Å². The van der Waals surface area contributed by atoms with Gasteiger partial charge in [0.15, 0.2) is 0 Å². The average molecular weight is 411 g/mol. The van der Waals surface area contributed by atoms with Crippen LogP contribution in [-0.4, -0.2) is 31.2 Å². The van der Waals surface area contributed by atoms with Crippen molar-refractivity contribution in [2.24, 2.45) is 11.8 Å². The number of rotatable bonds is 8. The molecule has 3 rings (SSSR count). The van der Waals surface area contributed by atoms with E-state index in [9.17, 15) is 9.59 Å². The Bertz CT molecular complexity index is 878. The van der Waals surface area contributed by atoms with Gasteiger partial charge in [-0.25, -0.2) is 4.79 Å². The molecule has 0 aromatic heterocycles. The van der Waals surface area contributed by atoms with Crippen LogP contribution in [0.3, 0.4) is 0 Å². The van der Waals surface area contributed by atoms with Crippen LogP contribution in [0.5, 0.6) is 11.5 Å². The Morgan fingerprint density at radius 3 is 2.43 bits per heavy atom. The minimum absolute atomic E-state index is 0.0482. The summed E-state index contributed by atoms with van der Waals surface area (Å²) in [6.07, 6.45) is 4.83. The van der Waals surface area contributed by atoms with Gasteiger partial charge in [-0.2, -0.15) is 0 Å². The summed E-state index contributed by atoms with van der Waals surface area (Å²) in [7, 11) is 3.30. The number of nitrogens with one attached hydrogen (secondary N) is 1. The van der Waals surface area contributed by atoms with E-state index < -0.39 is 5.97 Å². The van der Waals surface area contributed by atoms with E-state index in [0.29, 0.717) is 6.54 Å². The van der Waals surface area contributed by atoms with E-state index >= 15 is 0 Å². The maximum Gasteiger partial charge on any atom is 0.335 e. The standard InChI is InChI=1S/C24H29NO5/c1-29-20-11-12-22(30-2)19(14-20)13-18-5-3-4-6-21(18)23(26)25-15-16-7-9-17(10-8-16)24(27)28/h7-12,14,18,21H,3-6,13,15H2,1-2H3,(H,25,26)(H,27,28). The number of hydrogen-bond donors (Lipinski definition) is 2. The molecule has 0 radical (unpaired) electrons. The van der Waals surface area contributed by atoms with Crippen LogP contribution >= 0.6 is 0 Å². The van der Waals surface area contributed by atoms with Crippen LogP contribution in [0.15, 0.2) is 42.5 Å². The second-order valence-electron chi connectivity index (χ2n) is 7.75. The van der Waals surface area contributed by atoms with Crippen molar-refractivity contribution >= 4 is 11.9 Å². The molecular weight excluding hydrogens is 382 g/mol. The van der Waals surface area contributed by atoms with E-state index in [1.807, 2.05) is 18.2 Å². The molecule has 1 saturated carbocycles. The van der Waals surface area contributed by atoms with Crippen LogP contribution in [-0.2, 0) is 17.8 Å². The molecule has 1 fully saturated rings. The predicted molar refractivity (Wildman–Crippen MR) is 114 cm³/mol. The number of carboxylic acid groups (broad SMARTS) is 1. The number of methoxy groups -OCH3 is 2. The van der Waals surface area contributed by atoms with Crippen LogP contribution in [0.4, 0.5) is 0 Å². The lowest BCUT2D eigenvalue weighted by Crippen LogP contribution is -2.37. The minimum atomic E-state index is -0.955. The molecule has 2 aromatic carbocycles. The number of carboxylic acids is 1. The summed E-state index contributed by atoms with van der Waals surface area (Å²) >= 11 is 0. The number of carbonyl (C=O) groups excluding carboxylic acids is 1. The van der Waals surface area contributed by atoms with Crippen molar-refractivity contribution in [1.82, 2.24) is 5.32 Å². The first kappa shape index (κ1) is 21.7. The van der Waals surface area contributed by atoms with Crippen molar-refractivity contribution in [3.63, 3.8) is 0 Å². The van der Waals surface area contributed by atoms with E-state index in [2.05, 4.69) is 5.32 Å². The Kier molecular flexibility index (Phi) is 7.33. The number of amides is 1. The largest absolute Gasteiger partial charge is 0.497 e. The molecule has 2 unspecified atom stereocenters. The fourth-order valence-corrected chi connectivity index (χ4v) is 4.21. The molecule has 1 aliphatic rings. The van der Waals surface area contributed by atoms with Crippen LogP contribution in [0.25, 0.3) is 0 Å². The number of hydrogen-bond acceptors (Lipinski definition) is 4. The second kappa shape index (κ2) is 10.1. The first-order valence-corrected chi connectivity index (χ1v) is 10.3. The molecule has 2 atom stereocenters. The molecular formula is C24H29NO5. The van der Waals surface area contributed by atoms with E-state index in [1.54, 1.807) is 38.5 Å². The van der Waals surface area contributed by atoms with Crippen molar-refractivity contribution in [3.8, 4) is 11.5 Å². The maximum atomic E-state index is 13.0. The van der Waals surface area contributed by atoms with Gasteiger partial charge in [0, 0.05) is 12.5 Å². The number of ether oxygens (including phenoxy) is 2. The zero-order valence-electron chi connectivity index (χ0n) is 17.5. The molecule has 2 aromatic rings. The van der Waals surface area contributed by atoms with Crippen molar-refractivity contribution in [1.29, 1.82) is 0 Å². The highest BCUT2D eigenvalue weighted by Crippen LogP contribution is 2.36. The Hall–Kier alpha value is -3.02. The van der Waals surface area contributed by atoms with E-state index in [0.717, 1.165) is 54.7 Å². The summed E-state index contributed by atoms with van der Waals surface area (Å²) in [5.41, 5.74) is 2.19. The highest BCUT2D eigenvalue weighted by atomic mass is 16.5. The molecule has 1 amide bonds. The third kappa shape index (κ3) is 5.32. The van der Waals surface area contributed by atoms with Crippen LogP contribution in [0.2, 0.25) is 0 Å². The monoisotopic (exact) mass is 411 g/mol. The number of carbonyl (C=O) groups is 2. The summed E-state index contributed by atoms with van der Waals surface area (Å²) in [4.78, 5) is 23.9. The lowest BCUT2D eigenvalue weighted by Gasteiger charge is -2.31. The molecule has 0 aliphatic heterocycles. The fourth-order valence-electron chi connectivity index (χ4n) is 4.21. The SMILES string of the molecule is COc1ccc(OC)c(CC2CCCCC2C(=O)NCc2ccc(C(=O)O)cc2)c1. The highest BCUT2D eigenvalue weighted by Gasteiger charge is 2.31. The second-order valence-corrected chi connectivity index (χ2v) is 7.75.